The Kier molecular flexibility index (Phi) is 12.7. The number of rotatable bonds is 6. The molecule has 346 valence electrons. The topological polar surface area (TPSA) is 315 Å². The summed E-state index contributed by atoms with van der Waals surface area (Å²) in [6.45, 7) is 14.0. The molecule has 12 aromatic heterocycles. The summed E-state index contributed by atoms with van der Waals surface area (Å²) in [5, 5.41) is 59.2. The number of imidazole rings is 4. The number of carboxylic acids is 3. The second-order valence-electron chi connectivity index (χ2n) is 17.2. The van der Waals surface area contributed by atoms with Crippen LogP contribution in [-0.4, -0.2) is 69.1 Å². The maximum absolute atomic E-state index is 12.8. The standard InChI is InChI=1S/C44H18N20O6.CO2.4K/c1-47-19-6-10-56-27-30(59(42(19)56)15-22(67)68)39-52-36-28-31(60(16-23(69)70)43-20(48-2)7-11-57(28)43)38-51-34-26-29(58(14-21(65)66)41-18(13-46)5-9-55(26)41)37-50-33-25-24(53(3)40-17(12-45)4-8-54(25)40)32-49-35(27)63(39)44(61(32)33,62(34)37)64(36)38;2-1-3;;;;/h4-11H,3,14-16H2,(H2-,65,66,67,68,69,70);;;;;/q;;4*+1/p-2/t44-;;;;;/m0...../s1. The number of aliphatic carboxylic acids is 3. The van der Waals surface area contributed by atoms with Crippen LogP contribution in [0.2, 0.25) is 0 Å². The summed E-state index contributed by atoms with van der Waals surface area (Å²) >= 11 is 0. The molecular formula is C45H16K4N20O8+2. The van der Waals surface area contributed by atoms with E-state index in [1.54, 1.807) is 72.8 Å². The van der Waals surface area contributed by atoms with Crippen molar-refractivity contribution < 1.29 is 254 Å². The summed E-state index contributed by atoms with van der Waals surface area (Å²) in [7, 11) is 4.42. The van der Waals surface area contributed by atoms with E-state index in [1.807, 2.05) is 4.57 Å². The predicted molar refractivity (Wildman–Crippen MR) is 229 cm³/mol. The molecule has 0 saturated heterocycles. The van der Waals surface area contributed by atoms with E-state index < -0.39 is 43.5 Å². The van der Waals surface area contributed by atoms with Gasteiger partial charge in [-0.3, -0.25) is 4.40 Å². The average molecular weight is 1120 g/mol. The third kappa shape index (κ3) is 6.08. The summed E-state index contributed by atoms with van der Waals surface area (Å²) < 4.78 is 19.6. The summed E-state index contributed by atoms with van der Waals surface area (Å²) in [6.07, 6.45) is 6.78. The van der Waals surface area contributed by atoms with Gasteiger partial charge in [0, 0.05) is 22.9 Å². The van der Waals surface area contributed by atoms with Gasteiger partial charge in [-0.05, 0) is 42.9 Å². The van der Waals surface area contributed by atoms with Crippen molar-refractivity contribution in [3.05, 3.63) is 112 Å². The molecule has 1 spiro atoms. The van der Waals surface area contributed by atoms with Gasteiger partial charge in [0.1, 0.15) is 34.0 Å². The minimum atomic E-state index is -1.92. The monoisotopic (exact) mass is 1120 g/mol. The quantitative estimate of drug-likeness (QED) is 0.0860. The average Bonchev–Trinajstić information content (AvgIpc) is 3.76. The van der Waals surface area contributed by atoms with Gasteiger partial charge in [0.2, 0.25) is 28.5 Å². The first-order valence-corrected chi connectivity index (χ1v) is 21.4. The molecule has 0 radical (unpaired) electrons. The summed E-state index contributed by atoms with van der Waals surface area (Å²) in [5.41, 5.74) is 4.65. The SMILES string of the molecule is O=C=O.[C-]#[N+]c1ccn2c3c4n5c(c3n(CC(=O)[O-])c12)N=c1c2c(c3[n+]1[C@]51n5c(c6c(c5=N3)n3ccc(C#N)c3n6[CH2-])=Nc3c5c(c([n+]31)=N4)n(CC(=O)[O-])c1c([N+]#[C-])ccn51)n(CC(=O)[O-])c1c(C#N)ccn21.[K+].[K+].[K+].[K+]. The molecule has 4 aliphatic rings. The third-order valence-corrected chi connectivity index (χ3v) is 14.1. The van der Waals surface area contributed by atoms with Crippen molar-refractivity contribution >= 4 is 125 Å². The van der Waals surface area contributed by atoms with E-state index in [-0.39, 0.29) is 318 Å². The van der Waals surface area contributed by atoms with Gasteiger partial charge in [0.05, 0.1) is 67.8 Å². The van der Waals surface area contributed by atoms with Crippen LogP contribution in [0.15, 0.2) is 69.0 Å². The zero-order chi connectivity index (χ0) is 50.2. The first kappa shape index (κ1) is 53.8. The van der Waals surface area contributed by atoms with Crippen LogP contribution in [0.4, 0.5) is 34.6 Å². The Bertz CT molecular complexity index is 5360. The Labute approximate surface area is 593 Å². The Morgan fingerprint density at radius 2 is 1.00 bits per heavy atom. The normalized spacial score (nSPS) is 14.3. The largest absolute Gasteiger partial charge is 1.00 e. The summed E-state index contributed by atoms with van der Waals surface area (Å²) in [4.78, 5) is 83.7. The van der Waals surface area contributed by atoms with Crippen molar-refractivity contribution in [3.63, 3.8) is 0 Å². The Morgan fingerprint density at radius 3 is 1.53 bits per heavy atom. The van der Waals surface area contributed by atoms with Gasteiger partial charge >= 0.3 is 218 Å². The number of nitrogens with zero attached hydrogens (tertiary/aromatic N) is 20. The molecule has 0 N–H and O–H groups in total. The molecule has 32 heteroatoms. The first-order chi connectivity index (χ1) is 35.4. The van der Waals surface area contributed by atoms with Gasteiger partial charge in [-0.15, -0.1) is 16.2 Å². The van der Waals surface area contributed by atoms with Crippen LogP contribution in [0, 0.1) is 42.9 Å². The van der Waals surface area contributed by atoms with Crippen LogP contribution in [0.5, 0.6) is 0 Å². The van der Waals surface area contributed by atoms with Gasteiger partial charge < -0.3 is 61.2 Å². The number of aromatic nitrogens is 12. The van der Waals surface area contributed by atoms with Crippen molar-refractivity contribution in [1.82, 2.24) is 45.0 Å². The van der Waals surface area contributed by atoms with Crippen LogP contribution in [-0.2, 0) is 49.5 Å². The third-order valence-electron chi connectivity index (χ3n) is 14.1. The maximum atomic E-state index is 12.8. The van der Waals surface area contributed by atoms with Crippen molar-refractivity contribution in [2.45, 2.75) is 25.5 Å². The fourth-order valence-corrected chi connectivity index (χ4v) is 12.0. The smallest absolute Gasteiger partial charge is 0.548 e. The predicted octanol–water partition coefficient (Wildman–Crippen LogP) is -15.4. The number of carboxylic acid groups (broad SMARTS) is 3. The fourth-order valence-electron chi connectivity index (χ4n) is 12.0. The van der Waals surface area contributed by atoms with Crippen LogP contribution < -0.4 is 252 Å². The van der Waals surface area contributed by atoms with Crippen molar-refractivity contribution in [3.8, 4) is 12.1 Å². The van der Waals surface area contributed by atoms with Crippen LogP contribution in [0.25, 0.3) is 76.4 Å². The number of hydrogen-bond acceptors (Lipinski definition) is 14. The van der Waals surface area contributed by atoms with E-state index in [4.69, 9.17) is 42.7 Å². The van der Waals surface area contributed by atoms with Gasteiger partial charge in [0.15, 0.2) is 27.6 Å². The number of hydrogen-bond donors (Lipinski definition) is 0. The number of carbonyl (C=O) groups excluding carboxylic acids is 5. The van der Waals surface area contributed by atoms with Crippen LogP contribution >= 0.6 is 0 Å². The number of fused-ring (bicyclic) bond motifs is 20. The number of nitriles is 2. The molecule has 0 fully saturated rings. The van der Waals surface area contributed by atoms with Gasteiger partial charge in [-0.25, -0.2) is 14.3 Å². The zero-order valence-electron chi connectivity index (χ0n) is 40.2. The van der Waals surface area contributed by atoms with E-state index in [1.165, 1.54) is 25.8 Å². The molecule has 77 heavy (non-hydrogen) atoms. The minimum absolute atomic E-state index is 0. The molecule has 0 saturated carbocycles. The fraction of sp³-hybridized carbons (Fsp3) is 0.0889. The summed E-state index contributed by atoms with van der Waals surface area (Å²) in [5.74, 6) is -5.78. The Morgan fingerprint density at radius 1 is 0.571 bits per heavy atom. The maximum Gasteiger partial charge on any atom is 1.00 e. The van der Waals surface area contributed by atoms with Crippen molar-refractivity contribution in [2.24, 2.45) is 20.0 Å². The molecule has 0 aliphatic carbocycles. The van der Waals surface area contributed by atoms with Crippen LogP contribution in [0.1, 0.15) is 11.1 Å². The van der Waals surface area contributed by atoms with Gasteiger partial charge in [-0.1, -0.05) is 20.0 Å². The molecule has 1 atom stereocenters. The molecule has 28 nitrogen and oxygen atoms in total. The minimum Gasteiger partial charge on any atom is -0.548 e. The van der Waals surface area contributed by atoms with Gasteiger partial charge in [0.25, 0.3) is 22.6 Å². The molecular weight excluding hydrogens is 1110 g/mol. The second-order valence-corrected chi connectivity index (χ2v) is 17.2. The molecule has 0 aromatic carbocycles. The molecule has 0 unspecified atom stereocenters. The van der Waals surface area contributed by atoms with E-state index in [0.29, 0.717) is 27.7 Å². The Hall–Kier alpha value is -5.19. The van der Waals surface area contributed by atoms with E-state index in [9.17, 15) is 40.2 Å². The first-order valence-electron chi connectivity index (χ1n) is 21.4. The number of carbonyl (C=O) groups is 3. The molecule has 0 bridgehead atoms. The van der Waals surface area contributed by atoms with Gasteiger partial charge in [-0.2, -0.15) is 24.7 Å². The molecule has 12 aromatic rings. The van der Waals surface area contributed by atoms with Crippen LogP contribution in [0.3, 0.4) is 0 Å². The second kappa shape index (κ2) is 18.2. The zero-order valence-corrected chi connectivity index (χ0v) is 52.6. The van der Waals surface area contributed by atoms with Crippen molar-refractivity contribution in [2.75, 3.05) is 0 Å². The molecule has 4 aliphatic heterocycles. The Balaban J connectivity index is 0.000000882. The van der Waals surface area contributed by atoms with Crippen molar-refractivity contribution in [1.29, 1.82) is 10.5 Å². The molecule has 16 heterocycles. The van der Waals surface area contributed by atoms with E-state index in [2.05, 4.69) is 28.9 Å². The van der Waals surface area contributed by atoms with E-state index in [0.717, 1.165) is 0 Å². The molecule has 0 amide bonds. The summed E-state index contributed by atoms with van der Waals surface area (Å²) in [6, 6.07) is 10.6. The molecule has 16 rings (SSSR count). The van der Waals surface area contributed by atoms with E-state index >= 15 is 0 Å².